The van der Waals surface area contributed by atoms with Gasteiger partial charge in [0.05, 0.1) is 0 Å². The molecule has 19 heavy (non-hydrogen) atoms. The molecule has 0 unspecified atom stereocenters. The molecule has 1 aliphatic rings. The van der Waals surface area contributed by atoms with Gasteiger partial charge in [-0.15, -0.1) is 0 Å². The van der Waals surface area contributed by atoms with E-state index in [4.69, 9.17) is 5.11 Å². The van der Waals surface area contributed by atoms with Gasteiger partial charge in [-0.25, -0.2) is 0 Å². The van der Waals surface area contributed by atoms with Crippen molar-refractivity contribution in [2.24, 2.45) is 0 Å². The number of carbonyl (C=O) groups is 1. The van der Waals surface area contributed by atoms with E-state index in [1.54, 1.807) is 0 Å². The molecule has 0 saturated heterocycles. The van der Waals surface area contributed by atoms with Crippen LogP contribution in [0.3, 0.4) is 0 Å². The largest absolute Gasteiger partial charge is 0.481 e. The van der Waals surface area contributed by atoms with E-state index in [-0.39, 0.29) is 6.42 Å². The summed E-state index contributed by atoms with van der Waals surface area (Å²) in [6.07, 6.45) is 7.36. The molecule has 3 nitrogen and oxygen atoms in total. The maximum atomic E-state index is 10.6. The van der Waals surface area contributed by atoms with Crippen LogP contribution in [-0.2, 0) is 11.2 Å². The van der Waals surface area contributed by atoms with E-state index in [9.17, 15) is 4.79 Å². The summed E-state index contributed by atoms with van der Waals surface area (Å²) in [5, 5.41) is 12.3. The Bertz CT molecular complexity index is 436. The third-order valence-electron chi connectivity index (χ3n) is 3.88. The highest BCUT2D eigenvalue weighted by Crippen LogP contribution is 2.24. The number of benzene rings is 1. The van der Waals surface area contributed by atoms with Crippen LogP contribution in [0.25, 0.3) is 0 Å². The fourth-order valence-corrected chi connectivity index (χ4v) is 2.76. The van der Waals surface area contributed by atoms with Crippen molar-refractivity contribution in [2.45, 2.75) is 57.9 Å². The molecular weight excluding hydrogens is 238 g/mol. The average Bonchev–Trinajstić information content (AvgIpc) is 2.40. The van der Waals surface area contributed by atoms with Crippen molar-refractivity contribution in [2.75, 3.05) is 5.32 Å². The highest BCUT2D eigenvalue weighted by molar-refractivity contribution is 5.67. The zero-order valence-corrected chi connectivity index (χ0v) is 11.6. The highest BCUT2D eigenvalue weighted by atomic mass is 16.4. The third-order valence-corrected chi connectivity index (χ3v) is 3.88. The van der Waals surface area contributed by atoms with Gasteiger partial charge in [0.1, 0.15) is 0 Å². The second-order valence-electron chi connectivity index (χ2n) is 5.52. The van der Waals surface area contributed by atoms with Crippen LogP contribution in [0, 0.1) is 6.92 Å². The summed E-state index contributed by atoms with van der Waals surface area (Å²) in [4.78, 5) is 10.6. The van der Waals surface area contributed by atoms with Gasteiger partial charge in [0.25, 0.3) is 0 Å². The quantitative estimate of drug-likeness (QED) is 0.848. The molecule has 1 aliphatic carbocycles. The van der Waals surface area contributed by atoms with Crippen molar-refractivity contribution >= 4 is 11.7 Å². The first-order valence-corrected chi connectivity index (χ1v) is 7.23. The fraction of sp³-hybridized carbons (Fsp3) is 0.562. The van der Waals surface area contributed by atoms with E-state index < -0.39 is 5.97 Å². The van der Waals surface area contributed by atoms with E-state index in [1.165, 1.54) is 43.4 Å². The van der Waals surface area contributed by atoms with Gasteiger partial charge < -0.3 is 10.4 Å². The maximum Gasteiger partial charge on any atom is 0.303 e. The number of rotatable bonds is 5. The van der Waals surface area contributed by atoms with Crippen LogP contribution in [0.1, 0.15) is 49.7 Å². The molecule has 0 heterocycles. The van der Waals surface area contributed by atoms with Gasteiger partial charge in [-0.3, -0.25) is 4.79 Å². The monoisotopic (exact) mass is 261 g/mol. The maximum absolute atomic E-state index is 10.6. The Hall–Kier alpha value is -1.51. The van der Waals surface area contributed by atoms with Crippen molar-refractivity contribution < 1.29 is 9.90 Å². The zero-order chi connectivity index (χ0) is 13.7. The molecule has 1 saturated carbocycles. The molecule has 0 spiro atoms. The second-order valence-corrected chi connectivity index (χ2v) is 5.52. The SMILES string of the molecule is Cc1cc(CCC(=O)O)ccc1NC1CCCCC1. The van der Waals surface area contributed by atoms with Crippen LogP contribution in [0.5, 0.6) is 0 Å². The average molecular weight is 261 g/mol. The molecule has 3 heteroatoms. The molecule has 0 radical (unpaired) electrons. The molecule has 104 valence electrons. The number of carboxylic acids is 1. The molecule has 2 rings (SSSR count). The lowest BCUT2D eigenvalue weighted by Crippen LogP contribution is -2.22. The first-order valence-electron chi connectivity index (χ1n) is 7.23. The minimum absolute atomic E-state index is 0.203. The lowest BCUT2D eigenvalue weighted by atomic mass is 9.95. The molecular formula is C16H23NO2. The van der Waals surface area contributed by atoms with Crippen LogP contribution in [0.15, 0.2) is 18.2 Å². The normalized spacial score (nSPS) is 16.3. The number of aryl methyl sites for hydroxylation is 2. The molecule has 1 fully saturated rings. The molecule has 1 aromatic rings. The summed E-state index contributed by atoms with van der Waals surface area (Å²) in [5.74, 6) is -0.734. The summed E-state index contributed by atoms with van der Waals surface area (Å²) < 4.78 is 0. The summed E-state index contributed by atoms with van der Waals surface area (Å²) in [7, 11) is 0. The predicted octanol–water partition coefficient (Wildman–Crippen LogP) is 3.76. The van der Waals surface area contributed by atoms with Gasteiger partial charge in [-0.05, 0) is 43.4 Å². The Morgan fingerprint density at radius 1 is 1.32 bits per heavy atom. The Morgan fingerprint density at radius 2 is 2.05 bits per heavy atom. The van der Waals surface area contributed by atoms with Crippen LogP contribution < -0.4 is 5.32 Å². The van der Waals surface area contributed by atoms with Crippen LogP contribution in [0.4, 0.5) is 5.69 Å². The number of aliphatic carboxylic acids is 1. The standard InChI is InChI=1S/C16H23NO2/c1-12-11-13(8-10-16(18)19)7-9-15(12)17-14-5-3-2-4-6-14/h7,9,11,14,17H,2-6,8,10H2,1H3,(H,18,19). The molecule has 2 N–H and O–H groups in total. The smallest absolute Gasteiger partial charge is 0.303 e. The summed E-state index contributed by atoms with van der Waals surface area (Å²) in [5.41, 5.74) is 3.52. The second kappa shape index (κ2) is 6.60. The van der Waals surface area contributed by atoms with E-state index in [2.05, 4.69) is 24.4 Å². The number of hydrogen-bond donors (Lipinski definition) is 2. The predicted molar refractivity (Wildman–Crippen MR) is 77.6 cm³/mol. The summed E-state index contributed by atoms with van der Waals surface area (Å²) >= 11 is 0. The van der Waals surface area contributed by atoms with Crippen molar-refractivity contribution in [3.05, 3.63) is 29.3 Å². The zero-order valence-electron chi connectivity index (χ0n) is 11.6. The van der Waals surface area contributed by atoms with Gasteiger partial charge in [0, 0.05) is 18.2 Å². The third kappa shape index (κ3) is 4.27. The summed E-state index contributed by atoms with van der Waals surface area (Å²) in [6, 6.07) is 6.85. The Kier molecular flexibility index (Phi) is 4.83. The van der Waals surface area contributed by atoms with E-state index >= 15 is 0 Å². The number of hydrogen-bond acceptors (Lipinski definition) is 2. The number of anilines is 1. The van der Waals surface area contributed by atoms with E-state index in [0.717, 1.165) is 5.56 Å². The van der Waals surface area contributed by atoms with Crippen LogP contribution >= 0.6 is 0 Å². The van der Waals surface area contributed by atoms with Crippen LogP contribution in [-0.4, -0.2) is 17.1 Å². The fourth-order valence-electron chi connectivity index (χ4n) is 2.76. The Balaban J connectivity index is 1.96. The molecule has 0 aromatic heterocycles. The van der Waals surface area contributed by atoms with Gasteiger partial charge in [0.2, 0.25) is 0 Å². The van der Waals surface area contributed by atoms with Crippen LogP contribution in [0.2, 0.25) is 0 Å². The molecule has 0 amide bonds. The van der Waals surface area contributed by atoms with Gasteiger partial charge >= 0.3 is 5.97 Å². The highest BCUT2D eigenvalue weighted by Gasteiger charge is 2.13. The Morgan fingerprint density at radius 3 is 2.68 bits per heavy atom. The van der Waals surface area contributed by atoms with Gasteiger partial charge in [-0.2, -0.15) is 0 Å². The topological polar surface area (TPSA) is 49.3 Å². The first-order chi connectivity index (χ1) is 9.15. The van der Waals surface area contributed by atoms with Crippen molar-refractivity contribution in [1.29, 1.82) is 0 Å². The minimum atomic E-state index is -0.734. The molecule has 0 aliphatic heterocycles. The van der Waals surface area contributed by atoms with Gasteiger partial charge in [-0.1, -0.05) is 31.4 Å². The van der Waals surface area contributed by atoms with E-state index in [1.807, 2.05) is 6.07 Å². The molecule has 0 atom stereocenters. The van der Waals surface area contributed by atoms with Crippen molar-refractivity contribution in [1.82, 2.24) is 0 Å². The van der Waals surface area contributed by atoms with E-state index in [0.29, 0.717) is 12.5 Å². The molecule has 0 bridgehead atoms. The minimum Gasteiger partial charge on any atom is -0.481 e. The van der Waals surface area contributed by atoms with Gasteiger partial charge in [0.15, 0.2) is 0 Å². The molecule has 1 aromatic carbocycles. The first kappa shape index (κ1) is 13.9. The van der Waals surface area contributed by atoms with Crippen molar-refractivity contribution in [3.8, 4) is 0 Å². The number of carboxylic acid groups (broad SMARTS) is 1. The number of nitrogens with one attached hydrogen (secondary N) is 1. The Labute approximate surface area is 115 Å². The van der Waals surface area contributed by atoms with Crippen molar-refractivity contribution in [3.63, 3.8) is 0 Å². The summed E-state index contributed by atoms with van der Waals surface area (Å²) in [6.45, 7) is 2.09. The lowest BCUT2D eigenvalue weighted by Gasteiger charge is -2.25. The lowest BCUT2D eigenvalue weighted by molar-refractivity contribution is -0.136.